The molecule has 0 aliphatic carbocycles. The maximum absolute atomic E-state index is 3.64. The number of hydrogen-bond donors (Lipinski definition) is 0. The van der Waals surface area contributed by atoms with Gasteiger partial charge in [-0.25, -0.2) is 4.78 Å². The minimum atomic E-state index is -0.800. The molecule has 0 saturated carbocycles. The van der Waals surface area contributed by atoms with Gasteiger partial charge in [-0.15, -0.1) is 0 Å². The van der Waals surface area contributed by atoms with Crippen molar-refractivity contribution < 1.29 is 0 Å². The molecule has 72 valence electrons. The molecule has 0 bridgehead atoms. The number of rotatable bonds is 4. The van der Waals surface area contributed by atoms with Gasteiger partial charge in [-0.2, -0.15) is 0 Å². The second-order valence-corrected chi connectivity index (χ2v) is 7.07. The maximum Gasteiger partial charge on any atom is 0.377 e. The lowest BCUT2D eigenvalue weighted by Gasteiger charge is -2.09. The first kappa shape index (κ1) is 12.8. The Hall–Kier alpha value is -0.168. The molecule has 0 radical (unpaired) electrons. The van der Waals surface area contributed by atoms with Gasteiger partial charge in [0.25, 0.3) is 0 Å². The molecule has 0 saturated heterocycles. The SMILES string of the molecule is C=CC#[C][Al]([CH2]C(C)C)[CH2]C(C)C. The molecule has 0 aliphatic rings. The van der Waals surface area contributed by atoms with Crippen LogP contribution in [-0.4, -0.2) is 14.1 Å². The van der Waals surface area contributed by atoms with Crippen LogP contribution in [0.15, 0.2) is 12.7 Å². The predicted octanol–water partition coefficient (Wildman–Crippen LogP) is 3.52. The minimum Gasteiger partial charge on any atom is -0.200 e. The van der Waals surface area contributed by atoms with Crippen molar-refractivity contribution in [1.82, 2.24) is 0 Å². The molecule has 0 nitrogen and oxygen atoms in total. The molecule has 0 N–H and O–H groups in total. The van der Waals surface area contributed by atoms with Crippen LogP contribution in [0.4, 0.5) is 0 Å². The third kappa shape index (κ3) is 8.17. The van der Waals surface area contributed by atoms with Crippen LogP contribution in [0.5, 0.6) is 0 Å². The molecule has 0 rings (SSSR count). The lowest BCUT2D eigenvalue weighted by Crippen LogP contribution is -2.15. The van der Waals surface area contributed by atoms with Crippen molar-refractivity contribution in [2.24, 2.45) is 11.8 Å². The van der Waals surface area contributed by atoms with Crippen LogP contribution < -0.4 is 0 Å². The van der Waals surface area contributed by atoms with Gasteiger partial charge in [-0.3, -0.25) is 0 Å². The smallest absolute Gasteiger partial charge is 0.200 e. The average molecular weight is 192 g/mol. The maximum atomic E-state index is 3.64. The van der Waals surface area contributed by atoms with Gasteiger partial charge in [0.1, 0.15) is 0 Å². The van der Waals surface area contributed by atoms with E-state index in [0.29, 0.717) is 0 Å². The van der Waals surface area contributed by atoms with Gasteiger partial charge in [-0.05, 0) is 6.08 Å². The van der Waals surface area contributed by atoms with Crippen molar-refractivity contribution in [2.45, 2.75) is 38.3 Å². The summed E-state index contributed by atoms with van der Waals surface area (Å²) in [7, 11) is 0. The largest absolute Gasteiger partial charge is 0.377 e. The van der Waals surface area contributed by atoms with Crippen molar-refractivity contribution >= 4 is 14.1 Å². The van der Waals surface area contributed by atoms with Crippen LogP contribution in [0.2, 0.25) is 10.6 Å². The van der Waals surface area contributed by atoms with Gasteiger partial charge in [0.15, 0.2) is 0 Å². The van der Waals surface area contributed by atoms with Crippen molar-refractivity contribution in [3.8, 4) is 10.7 Å². The average Bonchev–Trinajstić information content (AvgIpc) is 1.98. The topological polar surface area (TPSA) is 0 Å². The summed E-state index contributed by atoms with van der Waals surface area (Å²) in [6.07, 6.45) is 1.72. The highest BCUT2D eigenvalue weighted by atomic mass is 27.2. The third-order valence-corrected chi connectivity index (χ3v) is 5.50. The lowest BCUT2D eigenvalue weighted by atomic mass is 10.3. The highest BCUT2D eigenvalue weighted by molar-refractivity contribution is 6.67. The number of hydrogen-bond acceptors (Lipinski definition) is 0. The summed E-state index contributed by atoms with van der Waals surface area (Å²) in [4.78, 5) is 3.40. The molecule has 0 spiro atoms. The summed E-state index contributed by atoms with van der Waals surface area (Å²) in [5.41, 5.74) is 0. The van der Waals surface area contributed by atoms with Crippen LogP contribution in [0.3, 0.4) is 0 Å². The van der Waals surface area contributed by atoms with E-state index in [1.165, 1.54) is 10.6 Å². The van der Waals surface area contributed by atoms with Crippen LogP contribution >= 0.6 is 0 Å². The molecule has 0 aromatic rings. The van der Waals surface area contributed by atoms with E-state index in [0.717, 1.165) is 11.8 Å². The Morgan fingerprint density at radius 3 is 1.92 bits per heavy atom. The zero-order chi connectivity index (χ0) is 10.3. The Labute approximate surface area is 87.8 Å². The fraction of sp³-hybridized carbons (Fsp3) is 0.667. The van der Waals surface area contributed by atoms with Crippen LogP contribution in [-0.2, 0) is 0 Å². The van der Waals surface area contributed by atoms with Gasteiger partial charge in [0, 0.05) is 0 Å². The first-order chi connectivity index (χ1) is 6.06. The van der Waals surface area contributed by atoms with E-state index < -0.39 is 14.1 Å². The molecule has 0 atom stereocenters. The van der Waals surface area contributed by atoms with Gasteiger partial charge < -0.3 is 0 Å². The zero-order valence-corrected chi connectivity index (χ0v) is 10.6. The molecular weight excluding hydrogens is 171 g/mol. The molecular formula is C12H21Al. The van der Waals surface area contributed by atoms with Crippen molar-refractivity contribution in [3.05, 3.63) is 12.7 Å². The third-order valence-electron chi connectivity index (χ3n) is 1.90. The Bertz CT molecular complexity index is 183. The first-order valence-corrected chi connectivity index (χ1v) is 7.39. The molecule has 0 unspecified atom stereocenters. The fourth-order valence-corrected chi connectivity index (χ4v) is 4.59. The molecule has 13 heavy (non-hydrogen) atoms. The van der Waals surface area contributed by atoms with E-state index in [9.17, 15) is 0 Å². The molecule has 0 heterocycles. The monoisotopic (exact) mass is 192 g/mol. The Kier molecular flexibility index (Phi) is 7.16. The predicted molar refractivity (Wildman–Crippen MR) is 63.0 cm³/mol. The molecule has 0 aromatic heterocycles. The molecule has 0 aliphatic heterocycles. The Balaban J connectivity index is 4.10. The summed E-state index contributed by atoms with van der Waals surface area (Å²) >= 11 is -0.800. The van der Waals surface area contributed by atoms with Crippen LogP contribution in [0.1, 0.15) is 27.7 Å². The van der Waals surface area contributed by atoms with Gasteiger partial charge in [0.2, 0.25) is 0 Å². The molecule has 0 fully saturated rings. The fourth-order valence-electron chi connectivity index (χ4n) is 1.53. The van der Waals surface area contributed by atoms with Crippen molar-refractivity contribution in [2.75, 3.05) is 0 Å². The normalized spacial score (nSPS) is 9.69. The summed E-state index contributed by atoms with van der Waals surface area (Å²) in [5, 5.41) is 2.69. The molecule has 0 aromatic carbocycles. The van der Waals surface area contributed by atoms with Gasteiger partial charge >= 0.3 is 14.1 Å². The van der Waals surface area contributed by atoms with Gasteiger partial charge in [-0.1, -0.05) is 62.6 Å². The van der Waals surface area contributed by atoms with E-state index in [2.05, 4.69) is 45.0 Å². The van der Waals surface area contributed by atoms with E-state index in [-0.39, 0.29) is 0 Å². The Morgan fingerprint density at radius 2 is 1.62 bits per heavy atom. The highest BCUT2D eigenvalue weighted by Gasteiger charge is 2.18. The summed E-state index contributed by atoms with van der Waals surface area (Å²) in [5.74, 6) is 4.64. The standard InChI is InChI=1S/2C4H9.C4H3.Al/c2*1-4(2)3;1-3-4-2;/h2*4H,1H2,2-3H3;3H,1H2;. The van der Waals surface area contributed by atoms with E-state index in [1.54, 1.807) is 6.08 Å². The molecule has 0 amide bonds. The van der Waals surface area contributed by atoms with Crippen molar-refractivity contribution in [1.29, 1.82) is 0 Å². The van der Waals surface area contributed by atoms with Crippen molar-refractivity contribution in [3.63, 3.8) is 0 Å². The summed E-state index contributed by atoms with van der Waals surface area (Å²) < 4.78 is 0. The summed E-state index contributed by atoms with van der Waals surface area (Å²) in [6, 6.07) is 0. The van der Waals surface area contributed by atoms with Gasteiger partial charge in [0.05, 0.1) is 0 Å². The Morgan fingerprint density at radius 1 is 1.15 bits per heavy atom. The minimum absolute atomic E-state index is 0.800. The summed E-state index contributed by atoms with van der Waals surface area (Å²) in [6.45, 7) is 12.8. The second kappa shape index (κ2) is 7.26. The van der Waals surface area contributed by atoms with Crippen LogP contribution in [0.25, 0.3) is 0 Å². The van der Waals surface area contributed by atoms with E-state index in [4.69, 9.17) is 0 Å². The first-order valence-electron chi connectivity index (χ1n) is 5.18. The number of allylic oxidation sites excluding steroid dienone is 1. The molecule has 1 heteroatoms. The second-order valence-electron chi connectivity index (χ2n) is 4.45. The van der Waals surface area contributed by atoms with Crippen LogP contribution in [0, 0.1) is 22.5 Å². The van der Waals surface area contributed by atoms with E-state index >= 15 is 0 Å². The van der Waals surface area contributed by atoms with E-state index in [1.807, 2.05) is 0 Å². The lowest BCUT2D eigenvalue weighted by molar-refractivity contribution is 0.695. The highest BCUT2D eigenvalue weighted by Crippen LogP contribution is 2.13. The quantitative estimate of drug-likeness (QED) is 0.472. The zero-order valence-electron chi connectivity index (χ0n) is 9.43.